The van der Waals surface area contributed by atoms with Crippen LogP contribution in [0.3, 0.4) is 0 Å². The number of H-pyrrole nitrogens is 1. The Balaban J connectivity index is 0.825. The number of aliphatic hydroxyl groups is 1. The van der Waals surface area contributed by atoms with E-state index in [1.165, 1.54) is 16.8 Å². The summed E-state index contributed by atoms with van der Waals surface area (Å²) in [6.45, 7) is 5.72. The van der Waals surface area contributed by atoms with Crippen molar-refractivity contribution < 1.29 is 23.9 Å². The van der Waals surface area contributed by atoms with Crippen LogP contribution < -0.4 is 5.56 Å². The predicted octanol–water partition coefficient (Wildman–Crippen LogP) is 5.03. The Hall–Kier alpha value is -4.78. The van der Waals surface area contributed by atoms with Gasteiger partial charge in [-0.05, 0) is 97.8 Å². The smallest absolute Gasteiger partial charge is 0.272 e. The fourth-order valence-electron chi connectivity index (χ4n) is 12.0. The molecule has 12 nitrogen and oxygen atoms in total. The van der Waals surface area contributed by atoms with Gasteiger partial charge in [0.05, 0.1) is 22.8 Å². The van der Waals surface area contributed by atoms with Gasteiger partial charge >= 0.3 is 0 Å². The summed E-state index contributed by atoms with van der Waals surface area (Å²) in [6, 6.07) is 11.6. The number of Topliss-reactive ketones (excluding diaryl/α,β-unsaturated/α-hetero) is 1. The van der Waals surface area contributed by atoms with Crippen LogP contribution in [0.25, 0.3) is 10.8 Å². The van der Waals surface area contributed by atoms with Crippen LogP contribution in [-0.4, -0.2) is 83.9 Å². The highest BCUT2D eigenvalue weighted by molar-refractivity contribution is 5.95. The molecule has 5 aliphatic rings. The lowest BCUT2D eigenvalue weighted by Gasteiger charge is -2.60. The Morgan fingerprint density at radius 3 is 2.48 bits per heavy atom. The lowest BCUT2D eigenvalue weighted by Crippen LogP contribution is -2.55. The molecule has 0 unspecified atom stereocenters. The number of aromatic amines is 1. The summed E-state index contributed by atoms with van der Waals surface area (Å²) in [5.74, 6) is 1.14. The maximum Gasteiger partial charge on any atom is 0.272 e. The van der Waals surface area contributed by atoms with E-state index in [0.717, 1.165) is 44.9 Å². The number of carbonyl (C=O) groups is 3. The molecule has 4 aliphatic carbocycles. The first-order valence-corrected chi connectivity index (χ1v) is 20.3. The average molecular weight is 764 g/mol. The number of hydrogen-bond acceptors (Lipinski definition) is 8. The van der Waals surface area contributed by atoms with E-state index >= 15 is 4.39 Å². The first kappa shape index (κ1) is 36.8. The molecule has 9 rings (SSSR count). The molecular formula is C43H50FN7O5. The van der Waals surface area contributed by atoms with Crippen molar-refractivity contribution in [2.75, 3.05) is 26.2 Å². The first-order chi connectivity index (χ1) is 26.9. The molecule has 2 aromatic carbocycles. The molecule has 0 radical (unpaired) electrons. The Bertz CT molecular complexity index is 2280. The van der Waals surface area contributed by atoms with Crippen LogP contribution in [0.2, 0.25) is 0 Å². The van der Waals surface area contributed by atoms with Crippen LogP contribution in [0.1, 0.15) is 98.9 Å². The highest BCUT2D eigenvalue weighted by Gasteiger charge is 2.65. The van der Waals surface area contributed by atoms with Gasteiger partial charge in [0, 0.05) is 56.2 Å². The van der Waals surface area contributed by atoms with E-state index in [9.17, 15) is 24.3 Å². The van der Waals surface area contributed by atoms with Gasteiger partial charge in [-0.3, -0.25) is 19.2 Å². The number of benzene rings is 2. The van der Waals surface area contributed by atoms with Gasteiger partial charge in [0.2, 0.25) is 5.91 Å². The number of amides is 2. The number of nitrogens with one attached hydrogen (secondary N) is 1. The third-order valence-corrected chi connectivity index (χ3v) is 15.2. The van der Waals surface area contributed by atoms with Gasteiger partial charge in [0.15, 0.2) is 0 Å². The molecule has 56 heavy (non-hydrogen) atoms. The van der Waals surface area contributed by atoms with Gasteiger partial charge in [-0.15, -0.1) is 5.10 Å². The largest absolute Gasteiger partial charge is 0.383 e. The molecule has 5 fully saturated rings. The molecule has 13 heteroatoms. The fourth-order valence-corrected chi connectivity index (χ4v) is 12.0. The minimum atomic E-state index is -1.13. The SMILES string of the molecule is C[C@]12CCC(=O)C[C@@H]1CC[C@@H]1[C@@H]2CC[C@@]2(C)[C@H]1CC[C@@]2(O)c1cn(CC(=O)N2CCN(C(=O)c3cc(Cc4n[nH]c(=O)c5ccccc45)ccc3F)CC2)nn1. The number of ketones is 1. The topological polar surface area (TPSA) is 154 Å². The molecule has 1 saturated heterocycles. The number of rotatable bonds is 6. The molecule has 7 atom stereocenters. The van der Waals surface area contributed by atoms with Crippen LogP contribution in [-0.2, 0) is 28.2 Å². The van der Waals surface area contributed by atoms with E-state index in [1.807, 2.05) is 12.1 Å². The Morgan fingerprint density at radius 1 is 0.929 bits per heavy atom. The van der Waals surface area contributed by atoms with Crippen LogP contribution in [0.5, 0.6) is 0 Å². The number of carbonyl (C=O) groups excluding carboxylic acids is 3. The van der Waals surface area contributed by atoms with Crippen molar-refractivity contribution in [2.45, 2.75) is 90.2 Å². The van der Waals surface area contributed by atoms with Crippen molar-refractivity contribution in [3.63, 3.8) is 0 Å². The summed E-state index contributed by atoms with van der Waals surface area (Å²) >= 11 is 0. The summed E-state index contributed by atoms with van der Waals surface area (Å²) in [5, 5.41) is 29.2. The third-order valence-electron chi connectivity index (χ3n) is 15.2. The second-order valence-electron chi connectivity index (χ2n) is 17.8. The zero-order valence-corrected chi connectivity index (χ0v) is 32.2. The number of aromatic nitrogens is 5. The van der Waals surface area contributed by atoms with Gasteiger partial charge in [0.1, 0.15) is 29.4 Å². The van der Waals surface area contributed by atoms with E-state index in [0.29, 0.717) is 89.5 Å². The van der Waals surface area contributed by atoms with Crippen LogP contribution in [0.15, 0.2) is 53.5 Å². The number of fused-ring (bicyclic) bond motifs is 6. The summed E-state index contributed by atoms with van der Waals surface area (Å²) in [7, 11) is 0. The second kappa shape index (κ2) is 13.7. The third kappa shape index (κ3) is 5.90. The average Bonchev–Trinajstić information content (AvgIpc) is 3.79. The van der Waals surface area contributed by atoms with Gasteiger partial charge < -0.3 is 14.9 Å². The molecule has 2 amide bonds. The highest BCUT2D eigenvalue weighted by atomic mass is 19.1. The van der Waals surface area contributed by atoms with Gasteiger partial charge in [-0.2, -0.15) is 5.10 Å². The Labute approximate surface area is 324 Å². The van der Waals surface area contributed by atoms with E-state index in [-0.39, 0.29) is 47.5 Å². The molecule has 4 saturated carbocycles. The second-order valence-corrected chi connectivity index (χ2v) is 17.8. The predicted molar refractivity (Wildman–Crippen MR) is 205 cm³/mol. The van der Waals surface area contributed by atoms with Gasteiger partial charge in [-0.25, -0.2) is 14.2 Å². The molecule has 4 aromatic rings. The first-order valence-electron chi connectivity index (χ1n) is 20.3. The Kier molecular flexibility index (Phi) is 9.01. The summed E-state index contributed by atoms with van der Waals surface area (Å²) in [5.41, 5.74) is 0.209. The highest BCUT2D eigenvalue weighted by Crippen LogP contribution is 2.69. The maximum atomic E-state index is 15.1. The van der Waals surface area contributed by atoms with Crippen molar-refractivity contribution in [1.82, 2.24) is 35.0 Å². The Morgan fingerprint density at radius 2 is 1.68 bits per heavy atom. The summed E-state index contributed by atoms with van der Waals surface area (Å²) in [4.78, 5) is 54.9. The number of nitrogens with zero attached hydrogens (tertiary/aromatic N) is 6. The van der Waals surface area contributed by atoms with Gasteiger partial charge in [0.25, 0.3) is 11.5 Å². The summed E-state index contributed by atoms with van der Waals surface area (Å²) in [6.07, 6.45) is 10.2. The molecule has 1 aliphatic heterocycles. The lowest BCUT2D eigenvalue weighted by molar-refractivity contribution is -0.160. The molecule has 3 heterocycles. The molecular weight excluding hydrogens is 714 g/mol. The fraction of sp³-hybridized carbons (Fsp3) is 0.558. The van der Waals surface area contributed by atoms with E-state index in [4.69, 9.17) is 0 Å². The van der Waals surface area contributed by atoms with Crippen molar-refractivity contribution in [3.8, 4) is 0 Å². The monoisotopic (exact) mass is 763 g/mol. The van der Waals surface area contributed by atoms with E-state index in [2.05, 4.69) is 34.4 Å². The molecule has 0 bridgehead atoms. The zero-order chi connectivity index (χ0) is 39.0. The van der Waals surface area contributed by atoms with Crippen LogP contribution in [0, 0.1) is 40.3 Å². The van der Waals surface area contributed by atoms with Crippen molar-refractivity contribution >= 4 is 28.4 Å². The van der Waals surface area contributed by atoms with Crippen LogP contribution >= 0.6 is 0 Å². The summed E-state index contributed by atoms with van der Waals surface area (Å²) < 4.78 is 16.6. The van der Waals surface area contributed by atoms with E-state index in [1.54, 1.807) is 34.2 Å². The number of halogens is 1. The molecule has 2 N–H and O–H groups in total. The van der Waals surface area contributed by atoms with E-state index < -0.39 is 17.3 Å². The maximum absolute atomic E-state index is 15.1. The molecule has 294 valence electrons. The number of piperazine rings is 1. The molecule has 2 aromatic heterocycles. The van der Waals surface area contributed by atoms with Crippen molar-refractivity contribution in [1.29, 1.82) is 0 Å². The zero-order valence-electron chi connectivity index (χ0n) is 32.2. The van der Waals surface area contributed by atoms with Crippen molar-refractivity contribution in [3.05, 3.63) is 87.3 Å². The minimum Gasteiger partial charge on any atom is -0.383 e. The normalized spacial score (nSPS) is 31.5. The van der Waals surface area contributed by atoms with Gasteiger partial charge in [-0.1, -0.05) is 43.3 Å². The molecule has 0 spiro atoms. The van der Waals surface area contributed by atoms with Crippen LogP contribution in [0.4, 0.5) is 4.39 Å². The van der Waals surface area contributed by atoms with Crippen molar-refractivity contribution in [2.24, 2.45) is 34.5 Å². The quantitative estimate of drug-likeness (QED) is 0.278. The lowest BCUT2D eigenvalue weighted by atomic mass is 9.44. The number of hydrogen-bond donors (Lipinski definition) is 2. The standard InChI is InChI=1S/C43H50FN7O5/c1-41-14-11-28(52)23-27(41)8-9-31-33(41)12-15-42(2)34(31)13-16-43(42,56)37-24-51(48-46-37)25-38(53)49-17-19-50(20-18-49)40(55)32-21-26(7-10-35(32)44)22-36-29-5-3-4-6-30(29)39(54)47-45-36/h3-7,10,21,24,27,31,33-34,56H,8-9,11-20,22-23,25H2,1-2H3,(H,47,54)/t27-,31+,33-,34-,41-,42-,43+/m0/s1. The minimum absolute atomic E-state index is 0.0372.